The van der Waals surface area contributed by atoms with Crippen molar-refractivity contribution in [3.05, 3.63) is 53.6 Å². The molecule has 0 unspecified atom stereocenters. The van der Waals surface area contributed by atoms with E-state index in [0.717, 1.165) is 12.1 Å². The molecular formula is C17H15F2NO5. The predicted octanol–water partition coefficient (Wildman–Crippen LogP) is 2.78. The van der Waals surface area contributed by atoms with Crippen LogP contribution in [0.5, 0.6) is 11.5 Å². The van der Waals surface area contributed by atoms with E-state index >= 15 is 0 Å². The van der Waals surface area contributed by atoms with E-state index in [1.165, 1.54) is 38.5 Å². The molecule has 0 heterocycles. The molecule has 0 radical (unpaired) electrons. The fraction of sp³-hybridized carbons (Fsp3) is 0.176. The summed E-state index contributed by atoms with van der Waals surface area (Å²) in [6.07, 6.45) is 0. The summed E-state index contributed by atoms with van der Waals surface area (Å²) in [5.41, 5.74) is 0.360. The molecule has 0 aliphatic carbocycles. The second kappa shape index (κ2) is 8.09. The molecule has 2 aromatic carbocycles. The highest BCUT2D eigenvalue weighted by Gasteiger charge is 2.13. The Balaban J connectivity index is 2.01. The number of hydrogen-bond acceptors (Lipinski definition) is 5. The zero-order valence-electron chi connectivity index (χ0n) is 13.5. The van der Waals surface area contributed by atoms with E-state index in [1.807, 2.05) is 0 Å². The molecule has 0 aliphatic rings. The third kappa shape index (κ3) is 4.66. The molecule has 0 fully saturated rings. The van der Waals surface area contributed by atoms with Gasteiger partial charge in [0.05, 0.1) is 19.8 Å². The molecule has 0 saturated heterocycles. The molecule has 0 bridgehead atoms. The standard InChI is InChI=1S/C17H15F2NO5/c1-23-15-7-10(17(22)24-2)3-6-14(15)25-9-16(21)20-11-4-5-12(18)13(19)8-11/h3-8H,9H2,1-2H3,(H,20,21). The molecule has 0 saturated carbocycles. The fourth-order valence-corrected chi connectivity index (χ4v) is 1.95. The zero-order valence-corrected chi connectivity index (χ0v) is 13.5. The van der Waals surface area contributed by atoms with Crippen LogP contribution in [-0.4, -0.2) is 32.7 Å². The Morgan fingerprint density at radius 1 is 1.00 bits per heavy atom. The number of carbonyl (C=O) groups excluding carboxylic acids is 2. The molecular weight excluding hydrogens is 336 g/mol. The number of methoxy groups -OCH3 is 2. The van der Waals surface area contributed by atoms with Gasteiger partial charge < -0.3 is 19.5 Å². The van der Waals surface area contributed by atoms with Crippen LogP contribution in [-0.2, 0) is 9.53 Å². The van der Waals surface area contributed by atoms with Crippen molar-refractivity contribution in [2.24, 2.45) is 0 Å². The van der Waals surface area contributed by atoms with Gasteiger partial charge in [-0.25, -0.2) is 13.6 Å². The Hall–Kier alpha value is -3.16. The Labute approximate surface area is 142 Å². The average molecular weight is 351 g/mol. The molecule has 25 heavy (non-hydrogen) atoms. The van der Waals surface area contributed by atoms with Crippen LogP contribution < -0.4 is 14.8 Å². The molecule has 2 aromatic rings. The maximum atomic E-state index is 13.1. The van der Waals surface area contributed by atoms with Gasteiger partial charge in [0.15, 0.2) is 29.7 Å². The van der Waals surface area contributed by atoms with Gasteiger partial charge in [-0.3, -0.25) is 4.79 Å². The number of benzene rings is 2. The number of rotatable bonds is 6. The van der Waals surface area contributed by atoms with Crippen LogP contribution in [0.2, 0.25) is 0 Å². The number of anilines is 1. The quantitative estimate of drug-likeness (QED) is 0.810. The number of hydrogen-bond donors (Lipinski definition) is 1. The van der Waals surface area contributed by atoms with E-state index < -0.39 is 30.1 Å². The molecule has 2 rings (SSSR count). The zero-order chi connectivity index (χ0) is 18.4. The molecule has 0 aromatic heterocycles. The third-order valence-electron chi connectivity index (χ3n) is 3.15. The number of esters is 1. The topological polar surface area (TPSA) is 73.9 Å². The molecule has 0 atom stereocenters. The summed E-state index contributed by atoms with van der Waals surface area (Å²) in [7, 11) is 2.63. The molecule has 1 N–H and O–H groups in total. The van der Waals surface area contributed by atoms with Gasteiger partial charge in [-0.15, -0.1) is 0 Å². The van der Waals surface area contributed by atoms with Gasteiger partial charge in [-0.05, 0) is 30.3 Å². The summed E-state index contributed by atoms with van der Waals surface area (Å²) >= 11 is 0. The lowest BCUT2D eigenvalue weighted by molar-refractivity contribution is -0.118. The minimum Gasteiger partial charge on any atom is -0.493 e. The first-order chi connectivity index (χ1) is 11.9. The van der Waals surface area contributed by atoms with Crippen LogP contribution in [0.1, 0.15) is 10.4 Å². The van der Waals surface area contributed by atoms with Crippen LogP contribution in [0.25, 0.3) is 0 Å². The van der Waals surface area contributed by atoms with Gasteiger partial charge in [0.1, 0.15) is 0 Å². The van der Waals surface area contributed by atoms with Gasteiger partial charge in [0, 0.05) is 11.8 Å². The summed E-state index contributed by atoms with van der Waals surface area (Å²) in [4.78, 5) is 23.3. The van der Waals surface area contributed by atoms with E-state index in [-0.39, 0.29) is 22.7 Å². The number of carbonyl (C=O) groups is 2. The molecule has 8 heteroatoms. The lowest BCUT2D eigenvalue weighted by Gasteiger charge is -2.12. The summed E-state index contributed by atoms with van der Waals surface area (Å²) in [6, 6.07) is 7.31. The van der Waals surface area contributed by atoms with Gasteiger partial charge in [-0.1, -0.05) is 0 Å². The van der Waals surface area contributed by atoms with Crippen LogP contribution >= 0.6 is 0 Å². The second-order valence-corrected chi connectivity index (χ2v) is 4.82. The first kappa shape index (κ1) is 18.2. The van der Waals surface area contributed by atoms with Gasteiger partial charge >= 0.3 is 5.97 Å². The summed E-state index contributed by atoms with van der Waals surface area (Å²) < 4.78 is 41.0. The third-order valence-corrected chi connectivity index (χ3v) is 3.15. The second-order valence-electron chi connectivity index (χ2n) is 4.82. The summed E-state index contributed by atoms with van der Waals surface area (Å²) in [5.74, 6) is -2.73. The summed E-state index contributed by atoms with van der Waals surface area (Å²) in [6.45, 7) is -0.396. The van der Waals surface area contributed by atoms with Gasteiger partial charge in [0.25, 0.3) is 5.91 Å². The number of amides is 1. The van der Waals surface area contributed by atoms with Gasteiger partial charge in [0.2, 0.25) is 0 Å². The van der Waals surface area contributed by atoms with Crippen molar-refractivity contribution in [1.29, 1.82) is 0 Å². The minimum absolute atomic E-state index is 0.0977. The van der Waals surface area contributed by atoms with E-state index in [2.05, 4.69) is 10.1 Å². The molecule has 0 aliphatic heterocycles. The highest BCUT2D eigenvalue weighted by Crippen LogP contribution is 2.28. The molecule has 132 valence electrons. The molecule has 6 nitrogen and oxygen atoms in total. The van der Waals surface area contributed by atoms with Gasteiger partial charge in [-0.2, -0.15) is 0 Å². The number of halogens is 2. The Morgan fingerprint density at radius 3 is 2.40 bits per heavy atom. The lowest BCUT2D eigenvalue weighted by Crippen LogP contribution is -2.20. The van der Waals surface area contributed by atoms with Crippen molar-refractivity contribution in [1.82, 2.24) is 0 Å². The Bertz CT molecular complexity index is 795. The van der Waals surface area contributed by atoms with Crippen molar-refractivity contribution in [3.8, 4) is 11.5 Å². The van der Waals surface area contributed by atoms with E-state index in [9.17, 15) is 18.4 Å². The highest BCUT2D eigenvalue weighted by atomic mass is 19.2. The minimum atomic E-state index is -1.07. The SMILES string of the molecule is COC(=O)c1ccc(OCC(=O)Nc2ccc(F)c(F)c2)c(OC)c1. The highest BCUT2D eigenvalue weighted by molar-refractivity contribution is 5.92. The van der Waals surface area contributed by atoms with Crippen LogP contribution in [0.3, 0.4) is 0 Å². The van der Waals surface area contributed by atoms with Crippen LogP contribution in [0.4, 0.5) is 14.5 Å². The maximum Gasteiger partial charge on any atom is 0.337 e. The van der Waals surface area contributed by atoms with Crippen molar-refractivity contribution < 1.29 is 32.6 Å². The van der Waals surface area contributed by atoms with Crippen molar-refractivity contribution in [2.45, 2.75) is 0 Å². The number of ether oxygens (including phenoxy) is 3. The van der Waals surface area contributed by atoms with Crippen LogP contribution in [0.15, 0.2) is 36.4 Å². The van der Waals surface area contributed by atoms with E-state index in [0.29, 0.717) is 0 Å². The number of nitrogens with one attached hydrogen (secondary N) is 1. The largest absolute Gasteiger partial charge is 0.493 e. The van der Waals surface area contributed by atoms with Crippen molar-refractivity contribution >= 4 is 17.6 Å². The predicted molar refractivity (Wildman–Crippen MR) is 84.8 cm³/mol. The first-order valence-electron chi connectivity index (χ1n) is 7.08. The molecule has 1 amide bonds. The maximum absolute atomic E-state index is 13.1. The van der Waals surface area contributed by atoms with E-state index in [4.69, 9.17) is 9.47 Å². The monoisotopic (exact) mass is 351 g/mol. The molecule has 0 spiro atoms. The fourth-order valence-electron chi connectivity index (χ4n) is 1.95. The normalized spacial score (nSPS) is 10.1. The van der Waals surface area contributed by atoms with E-state index in [1.54, 1.807) is 0 Å². The first-order valence-corrected chi connectivity index (χ1v) is 7.08. The Kier molecular flexibility index (Phi) is 5.89. The van der Waals surface area contributed by atoms with Crippen LogP contribution in [0, 0.1) is 11.6 Å². The van der Waals surface area contributed by atoms with Crippen molar-refractivity contribution in [3.63, 3.8) is 0 Å². The Morgan fingerprint density at radius 2 is 1.76 bits per heavy atom. The summed E-state index contributed by atoms with van der Waals surface area (Å²) in [5, 5.41) is 2.37. The smallest absolute Gasteiger partial charge is 0.337 e. The van der Waals surface area contributed by atoms with Crippen molar-refractivity contribution in [2.75, 3.05) is 26.1 Å². The average Bonchev–Trinajstić information content (AvgIpc) is 2.62. The lowest BCUT2D eigenvalue weighted by atomic mass is 10.2.